The molecule has 1 saturated heterocycles. The van der Waals surface area contributed by atoms with E-state index in [-0.39, 0.29) is 10.8 Å². The van der Waals surface area contributed by atoms with E-state index >= 15 is 0 Å². The van der Waals surface area contributed by atoms with Crippen molar-refractivity contribution in [3.8, 4) is 0 Å². The minimum Gasteiger partial charge on any atom is -0.379 e. The SMILES string of the molecule is Cc1cc(C(=O)Nc2cccc(S(=O)(=O)N3CCOCC3)c2)c2nc3n(c2n1)CCCCC3. The van der Waals surface area contributed by atoms with E-state index in [1.165, 1.54) is 10.4 Å². The number of hydrogen-bond acceptors (Lipinski definition) is 6. The highest BCUT2D eigenvalue weighted by atomic mass is 32.2. The first-order chi connectivity index (χ1) is 15.9. The lowest BCUT2D eigenvalue weighted by molar-refractivity contribution is 0.0730. The van der Waals surface area contributed by atoms with E-state index in [9.17, 15) is 13.2 Å². The van der Waals surface area contributed by atoms with Gasteiger partial charge in [-0.2, -0.15) is 4.31 Å². The van der Waals surface area contributed by atoms with Gasteiger partial charge in [-0.25, -0.2) is 18.4 Å². The van der Waals surface area contributed by atoms with Crippen molar-refractivity contribution in [3.63, 3.8) is 0 Å². The van der Waals surface area contributed by atoms with E-state index in [0.29, 0.717) is 43.1 Å². The zero-order chi connectivity index (χ0) is 23.0. The minimum absolute atomic E-state index is 0.145. The molecule has 3 aromatic rings. The Morgan fingerprint density at radius 3 is 2.70 bits per heavy atom. The molecule has 2 aromatic heterocycles. The van der Waals surface area contributed by atoms with Crippen LogP contribution in [-0.4, -0.2) is 59.5 Å². The van der Waals surface area contributed by atoms with Crippen LogP contribution in [0.3, 0.4) is 0 Å². The Hall–Kier alpha value is -2.82. The minimum atomic E-state index is -3.66. The van der Waals surface area contributed by atoms with Gasteiger partial charge >= 0.3 is 0 Å². The molecule has 2 aliphatic rings. The van der Waals surface area contributed by atoms with Crippen LogP contribution in [0.25, 0.3) is 11.2 Å². The molecule has 4 heterocycles. The summed E-state index contributed by atoms with van der Waals surface area (Å²) in [5.41, 5.74) is 2.92. The van der Waals surface area contributed by atoms with Crippen LogP contribution in [0.5, 0.6) is 0 Å². The number of amides is 1. The fraction of sp³-hybridized carbons (Fsp3) is 0.435. The Bertz CT molecular complexity index is 1310. The lowest BCUT2D eigenvalue weighted by Gasteiger charge is -2.26. The van der Waals surface area contributed by atoms with Gasteiger partial charge in [-0.3, -0.25) is 4.79 Å². The average molecular weight is 470 g/mol. The number of hydrogen-bond donors (Lipinski definition) is 1. The van der Waals surface area contributed by atoms with Crippen molar-refractivity contribution in [3.05, 3.63) is 47.4 Å². The first-order valence-corrected chi connectivity index (χ1v) is 12.7. The van der Waals surface area contributed by atoms with Gasteiger partial charge in [0.05, 0.1) is 23.7 Å². The Morgan fingerprint density at radius 2 is 1.88 bits per heavy atom. The van der Waals surface area contributed by atoms with Crippen LogP contribution in [0, 0.1) is 6.92 Å². The summed E-state index contributed by atoms with van der Waals surface area (Å²) in [4.78, 5) is 22.8. The molecule has 1 aromatic carbocycles. The molecule has 174 valence electrons. The Labute approximate surface area is 192 Å². The highest BCUT2D eigenvalue weighted by Gasteiger charge is 2.27. The summed E-state index contributed by atoms with van der Waals surface area (Å²) in [5.74, 6) is 0.632. The van der Waals surface area contributed by atoms with E-state index in [1.807, 2.05) is 6.92 Å². The second-order valence-corrected chi connectivity index (χ2v) is 10.4. The highest BCUT2D eigenvalue weighted by molar-refractivity contribution is 7.89. The zero-order valence-corrected chi connectivity index (χ0v) is 19.4. The van der Waals surface area contributed by atoms with Crippen LogP contribution in [0.15, 0.2) is 35.2 Å². The number of morpholine rings is 1. The number of aryl methyl sites for hydroxylation is 3. The molecule has 0 bridgehead atoms. The van der Waals surface area contributed by atoms with Gasteiger partial charge in [0.15, 0.2) is 5.65 Å². The summed E-state index contributed by atoms with van der Waals surface area (Å²) >= 11 is 0. The molecule has 0 radical (unpaired) electrons. The second kappa shape index (κ2) is 8.85. The fourth-order valence-electron chi connectivity index (χ4n) is 4.46. The number of nitrogens with zero attached hydrogens (tertiary/aromatic N) is 4. The van der Waals surface area contributed by atoms with Gasteiger partial charge in [0, 0.05) is 37.4 Å². The number of pyridine rings is 1. The third-order valence-electron chi connectivity index (χ3n) is 6.14. The van der Waals surface area contributed by atoms with Gasteiger partial charge in [0.25, 0.3) is 5.91 Å². The van der Waals surface area contributed by atoms with Gasteiger partial charge in [-0.05, 0) is 44.0 Å². The smallest absolute Gasteiger partial charge is 0.258 e. The molecule has 10 heteroatoms. The standard InChI is InChI=1S/C23H27N5O4S/c1-16-14-19(21-22(24-16)28-9-4-2-3-8-20(28)26-21)23(29)25-17-6-5-7-18(15-17)33(30,31)27-10-12-32-13-11-27/h5-7,14-15H,2-4,8-13H2,1H3,(H,25,29). The van der Waals surface area contributed by atoms with Crippen LogP contribution in [0.2, 0.25) is 0 Å². The Morgan fingerprint density at radius 1 is 1.06 bits per heavy atom. The van der Waals surface area contributed by atoms with Crippen LogP contribution < -0.4 is 5.32 Å². The van der Waals surface area contributed by atoms with Crippen molar-refractivity contribution < 1.29 is 17.9 Å². The summed E-state index contributed by atoms with van der Waals surface area (Å²) in [6.45, 7) is 4.10. The summed E-state index contributed by atoms with van der Waals surface area (Å²) < 4.78 is 34.8. The first-order valence-electron chi connectivity index (χ1n) is 11.3. The van der Waals surface area contributed by atoms with Gasteiger partial charge in [-0.15, -0.1) is 0 Å². The monoisotopic (exact) mass is 469 g/mol. The molecule has 33 heavy (non-hydrogen) atoms. The molecule has 0 aliphatic carbocycles. The first kappa shape index (κ1) is 22.0. The molecule has 9 nitrogen and oxygen atoms in total. The maximum atomic E-state index is 13.3. The largest absolute Gasteiger partial charge is 0.379 e. The van der Waals surface area contributed by atoms with E-state index in [0.717, 1.165) is 49.4 Å². The number of fused-ring (bicyclic) bond motifs is 3. The molecule has 0 saturated carbocycles. The molecule has 2 aliphatic heterocycles. The van der Waals surface area contributed by atoms with Crippen LogP contribution in [-0.2, 0) is 27.7 Å². The molecular weight excluding hydrogens is 442 g/mol. The predicted octanol–water partition coefficient (Wildman–Crippen LogP) is 2.74. The van der Waals surface area contributed by atoms with Crippen LogP contribution in [0.1, 0.15) is 41.1 Å². The van der Waals surface area contributed by atoms with E-state index in [1.54, 1.807) is 24.3 Å². The molecule has 5 rings (SSSR count). The number of aromatic nitrogens is 3. The van der Waals surface area contributed by atoms with E-state index in [4.69, 9.17) is 9.72 Å². The summed E-state index contributed by atoms with van der Waals surface area (Å²) in [7, 11) is -3.66. The number of carbonyl (C=O) groups is 1. The number of sulfonamides is 1. The lowest BCUT2D eigenvalue weighted by atomic mass is 10.1. The number of imidazole rings is 1. The number of rotatable bonds is 4. The molecule has 0 unspecified atom stereocenters. The lowest BCUT2D eigenvalue weighted by Crippen LogP contribution is -2.40. The van der Waals surface area contributed by atoms with Crippen molar-refractivity contribution in [2.45, 2.75) is 44.0 Å². The van der Waals surface area contributed by atoms with Crippen molar-refractivity contribution >= 4 is 32.8 Å². The van der Waals surface area contributed by atoms with Crippen LogP contribution >= 0.6 is 0 Å². The Balaban J connectivity index is 1.45. The zero-order valence-electron chi connectivity index (χ0n) is 18.6. The van der Waals surface area contributed by atoms with Crippen molar-refractivity contribution in [2.75, 3.05) is 31.6 Å². The van der Waals surface area contributed by atoms with E-state index < -0.39 is 10.0 Å². The third kappa shape index (κ3) is 4.25. The Kier molecular flexibility index (Phi) is 5.90. The quantitative estimate of drug-likeness (QED) is 0.630. The molecule has 1 N–H and O–H groups in total. The van der Waals surface area contributed by atoms with E-state index in [2.05, 4.69) is 14.9 Å². The predicted molar refractivity (Wildman–Crippen MR) is 124 cm³/mol. The second-order valence-electron chi connectivity index (χ2n) is 8.47. The molecular formula is C23H27N5O4S. The molecule has 0 spiro atoms. The number of benzene rings is 1. The molecule has 1 fully saturated rings. The van der Waals surface area contributed by atoms with Gasteiger partial charge in [-0.1, -0.05) is 12.5 Å². The maximum Gasteiger partial charge on any atom is 0.258 e. The highest BCUT2D eigenvalue weighted by Crippen LogP contribution is 2.26. The fourth-order valence-corrected chi connectivity index (χ4v) is 5.91. The van der Waals surface area contributed by atoms with Gasteiger partial charge in [0.1, 0.15) is 11.3 Å². The summed E-state index contributed by atoms with van der Waals surface area (Å²) in [6, 6.07) is 8.09. The van der Waals surface area contributed by atoms with Gasteiger partial charge in [0.2, 0.25) is 10.0 Å². The third-order valence-corrected chi connectivity index (χ3v) is 8.03. The number of carbonyl (C=O) groups excluding carboxylic acids is 1. The molecule has 1 amide bonds. The maximum absolute atomic E-state index is 13.3. The van der Waals surface area contributed by atoms with Crippen LogP contribution in [0.4, 0.5) is 5.69 Å². The summed E-state index contributed by atoms with van der Waals surface area (Å²) in [5, 5.41) is 2.86. The number of ether oxygens (including phenoxy) is 1. The number of nitrogens with one attached hydrogen (secondary N) is 1. The normalized spacial score (nSPS) is 17.5. The van der Waals surface area contributed by atoms with Crippen molar-refractivity contribution in [2.24, 2.45) is 0 Å². The summed E-state index contributed by atoms with van der Waals surface area (Å²) in [6.07, 6.45) is 4.18. The number of anilines is 1. The molecule has 0 atom stereocenters. The topological polar surface area (TPSA) is 106 Å². The van der Waals surface area contributed by atoms with Crippen molar-refractivity contribution in [1.82, 2.24) is 18.8 Å². The van der Waals surface area contributed by atoms with Crippen molar-refractivity contribution in [1.29, 1.82) is 0 Å². The average Bonchev–Trinajstić information content (AvgIpc) is 2.99. The van der Waals surface area contributed by atoms with Gasteiger partial charge < -0.3 is 14.6 Å².